The fourth-order valence-electron chi connectivity index (χ4n) is 2.28. The van der Waals surface area contributed by atoms with E-state index in [0.717, 1.165) is 36.4 Å². The molecule has 19 heavy (non-hydrogen) atoms. The maximum Gasteiger partial charge on any atom is 0.260 e. The van der Waals surface area contributed by atoms with E-state index in [0.29, 0.717) is 6.04 Å². The van der Waals surface area contributed by atoms with Crippen molar-refractivity contribution in [2.75, 3.05) is 26.7 Å². The Kier molecular flexibility index (Phi) is 4.43. The highest BCUT2D eigenvalue weighted by Crippen LogP contribution is 2.19. The third-order valence-electron chi connectivity index (χ3n) is 3.67. The Bertz CT molecular complexity index is 453. The van der Waals surface area contributed by atoms with Crippen molar-refractivity contribution < 1.29 is 9.53 Å². The summed E-state index contributed by atoms with van der Waals surface area (Å²) in [5, 5.41) is 3.26. The average Bonchev–Trinajstić information content (AvgIpc) is 2.92. The number of carbonyl (C=O) groups is 1. The van der Waals surface area contributed by atoms with Crippen molar-refractivity contribution in [3.05, 3.63) is 29.3 Å². The van der Waals surface area contributed by atoms with Crippen LogP contribution < -0.4 is 10.1 Å². The van der Waals surface area contributed by atoms with E-state index >= 15 is 0 Å². The summed E-state index contributed by atoms with van der Waals surface area (Å²) in [5.41, 5.74) is 2.20. The lowest BCUT2D eigenvalue weighted by atomic mass is 10.1. The van der Waals surface area contributed by atoms with Gasteiger partial charge in [0.2, 0.25) is 0 Å². The third kappa shape index (κ3) is 3.47. The lowest BCUT2D eigenvalue weighted by Crippen LogP contribution is -2.40. The molecule has 0 spiro atoms. The molecule has 1 fully saturated rings. The number of aryl methyl sites for hydroxylation is 2. The van der Waals surface area contributed by atoms with Gasteiger partial charge in [0.25, 0.3) is 5.91 Å². The van der Waals surface area contributed by atoms with Gasteiger partial charge < -0.3 is 15.0 Å². The summed E-state index contributed by atoms with van der Waals surface area (Å²) >= 11 is 0. The zero-order valence-corrected chi connectivity index (χ0v) is 11.9. The highest BCUT2D eigenvalue weighted by atomic mass is 16.5. The van der Waals surface area contributed by atoms with Gasteiger partial charge in [-0.05, 0) is 44.0 Å². The Labute approximate surface area is 114 Å². The molecule has 104 valence electrons. The van der Waals surface area contributed by atoms with E-state index in [1.807, 2.05) is 39.1 Å². The molecule has 1 heterocycles. The lowest BCUT2D eigenvalue weighted by molar-refractivity contribution is -0.133. The van der Waals surface area contributed by atoms with Crippen LogP contribution in [0.25, 0.3) is 0 Å². The maximum absolute atomic E-state index is 12.1. The number of hydrogen-bond acceptors (Lipinski definition) is 3. The van der Waals surface area contributed by atoms with Gasteiger partial charge in [-0.25, -0.2) is 0 Å². The smallest absolute Gasteiger partial charge is 0.260 e. The van der Waals surface area contributed by atoms with Gasteiger partial charge >= 0.3 is 0 Å². The molecule has 4 heteroatoms. The molecular formula is C15H22N2O2. The van der Waals surface area contributed by atoms with Gasteiger partial charge in [0.15, 0.2) is 6.61 Å². The standard InChI is InChI=1S/C15H22N2O2/c1-11-4-5-12(2)14(8-11)19-10-15(18)17(3)13-6-7-16-9-13/h4-5,8,13,16H,6-7,9-10H2,1-3H3. The number of hydrogen-bond donors (Lipinski definition) is 1. The summed E-state index contributed by atoms with van der Waals surface area (Å²) in [6.45, 7) is 5.98. The molecule has 1 aliphatic rings. The predicted molar refractivity (Wildman–Crippen MR) is 75.5 cm³/mol. The number of nitrogens with zero attached hydrogens (tertiary/aromatic N) is 1. The topological polar surface area (TPSA) is 41.6 Å². The molecule has 1 unspecified atom stereocenters. The Balaban J connectivity index is 1.90. The third-order valence-corrected chi connectivity index (χ3v) is 3.67. The van der Waals surface area contributed by atoms with Crippen molar-refractivity contribution in [3.63, 3.8) is 0 Å². The molecule has 4 nitrogen and oxygen atoms in total. The molecular weight excluding hydrogens is 240 g/mol. The molecule has 0 aromatic heterocycles. The van der Waals surface area contributed by atoms with E-state index < -0.39 is 0 Å². The van der Waals surface area contributed by atoms with E-state index in [4.69, 9.17) is 4.74 Å². The van der Waals surface area contributed by atoms with Gasteiger partial charge in [-0.1, -0.05) is 12.1 Å². The van der Waals surface area contributed by atoms with E-state index in [1.165, 1.54) is 0 Å². The van der Waals surface area contributed by atoms with Gasteiger partial charge in [0.05, 0.1) is 0 Å². The summed E-state index contributed by atoms with van der Waals surface area (Å²) in [6, 6.07) is 6.33. The second-order valence-electron chi connectivity index (χ2n) is 5.21. The molecule has 1 aliphatic heterocycles. The zero-order chi connectivity index (χ0) is 13.8. The Morgan fingerprint density at radius 2 is 2.26 bits per heavy atom. The van der Waals surface area contributed by atoms with E-state index in [1.54, 1.807) is 4.90 Å². The minimum absolute atomic E-state index is 0.0367. The quantitative estimate of drug-likeness (QED) is 0.894. The van der Waals surface area contributed by atoms with Crippen molar-refractivity contribution in [2.24, 2.45) is 0 Å². The van der Waals surface area contributed by atoms with Crippen molar-refractivity contribution >= 4 is 5.91 Å². The van der Waals surface area contributed by atoms with Crippen LogP contribution in [0.3, 0.4) is 0 Å². The van der Waals surface area contributed by atoms with Crippen LogP contribution in [0.1, 0.15) is 17.5 Å². The Hall–Kier alpha value is -1.55. The second kappa shape index (κ2) is 6.06. The predicted octanol–water partition coefficient (Wildman–Crippen LogP) is 1.50. The summed E-state index contributed by atoms with van der Waals surface area (Å²) in [6.07, 6.45) is 1.02. The Morgan fingerprint density at radius 1 is 1.47 bits per heavy atom. The number of nitrogens with one attached hydrogen (secondary N) is 1. The van der Waals surface area contributed by atoms with Crippen LogP contribution in [0.2, 0.25) is 0 Å². The van der Waals surface area contributed by atoms with Crippen LogP contribution in [-0.4, -0.2) is 43.6 Å². The largest absolute Gasteiger partial charge is 0.483 e. The molecule has 1 aromatic carbocycles. The van der Waals surface area contributed by atoms with Gasteiger partial charge in [0.1, 0.15) is 5.75 Å². The van der Waals surface area contributed by atoms with Crippen molar-refractivity contribution in [1.82, 2.24) is 10.2 Å². The van der Waals surface area contributed by atoms with Gasteiger partial charge in [0, 0.05) is 19.6 Å². The van der Waals surface area contributed by atoms with Gasteiger partial charge in [-0.15, -0.1) is 0 Å². The number of amides is 1. The monoisotopic (exact) mass is 262 g/mol. The lowest BCUT2D eigenvalue weighted by Gasteiger charge is -2.24. The summed E-state index contributed by atoms with van der Waals surface area (Å²) in [4.78, 5) is 13.9. The SMILES string of the molecule is Cc1ccc(C)c(OCC(=O)N(C)C2CCNC2)c1. The van der Waals surface area contributed by atoms with E-state index in [-0.39, 0.29) is 12.5 Å². The number of likely N-dealkylation sites (N-methyl/N-ethyl adjacent to an activating group) is 1. The fourth-order valence-corrected chi connectivity index (χ4v) is 2.28. The molecule has 1 aromatic rings. The first-order valence-electron chi connectivity index (χ1n) is 6.74. The van der Waals surface area contributed by atoms with Crippen LogP contribution in [0.5, 0.6) is 5.75 Å². The first-order chi connectivity index (χ1) is 9.08. The number of carbonyl (C=O) groups excluding carboxylic acids is 1. The minimum atomic E-state index is 0.0367. The van der Waals surface area contributed by atoms with Crippen LogP contribution in [0.4, 0.5) is 0 Å². The van der Waals surface area contributed by atoms with Crippen LogP contribution in [0, 0.1) is 13.8 Å². The van der Waals surface area contributed by atoms with Crippen LogP contribution in [0.15, 0.2) is 18.2 Å². The highest BCUT2D eigenvalue weighted by Gasteiger charge is 2.23. The normalized spacial score (nSPS) is 18.4. The van der Waals surface area contributed by atoms with Gasteiger partial charge in [-0.3, -0.25) is 4.79 Å². The summed E-state index contributed by atoms with van der Waals surface area (Å²) in [7, 11) is 1.85. The molecule has 0 saturated carbocycles. The second-order valence-corrected chi connectivity index (χ2v) is 5.21. The first-order valence-corrected chi connectivity index (χ1v) is 6.74. The Morgan fingerprint density at radius 3 is 2.95 bits per heavy atom. The van der Waals surface area contributed by atoms with Crippen LogP contribution in [-0.2, 0) is 4.79 Å². The molecule has 0 aliphatic carbocycles. The molecule has 1 atom stereocenters. The van der Waals surface area contributed by atoms with Crippen molar-refractivity contribution in [1.29, 1.82) is 0 Å². The fraction of sp³-hybridized carbons (Fsp3) is 0.533. The molecule has 2 rings (SSSR count). The van der Waals surface area contributed by atoms with Gasteiger partial charge in [-0.2, -0.15) is 0 Å². The van der Waals surface area contributed by atoms with E-state index in [9.17, 15) is 4.79 Å². The summed E-state index contributed by atoms with van der Waals surface area (Å²) < 4.78 is 5.65. The molecule has 1 saturated heterocycles. The molecule has 0 radical (unpaired) electrons. The molecule has 0 bridgehead atoms. The number of ether oxygens (including phenoxy) is 1. The van der Waals surface area contributed by atoms with Crippen LogP contribution >= 0.6 is 0 Å². The first kappa shape index (κ1) is 13.9. The molecule has 1 amide bonds. The minimum Gasteiger partial charge on any atom is -0.483 e. The van der Waals surface area contributed by atoms with Crippen molar-refractivity contribution in [3.8, 4) is 5.75 Å². The van der Waals surface area contributed by atoms with Crippen molar-refractivity contribution in [2.45, 2.75) is 26.3 Å². The number of benzene rings is 1. The average molecular weight is 262 g/mol. The highest BCUT2D eigenvalue weighted by molar-refractivity contribution is 5.78. The van der Waals surface area contributed by atoms with E-state index in [2.05, 4.69) is 5.32 Å². The summed E-state index contributed by atoms with van der Waals surface area (Å²) in [5.74, 6) is 0.834. The number of rotatable bonds is 4. The molecule has 1 N–H and O–H groups in total. The maximum atomic E-state index is 12.1. The zero-order valence-electron chi connectivity index (χ0n) is 11.9.